The van der Waals surface area contributed by atoms with Gasteiger partial charge in [0.25, 0.3) is 5.91 Å². The van der Waals surface area contributed by atoms with Crippen molar-refractivity contribution < 1.29 is 14.3 Å². The van der Waals surface area contributed by atoms with E-state index >= 15 is 0 Å². The van der Waals surface area contributed by atoms with E-state index in [0.29, 0.717) is 30.1 Å². The lowest BCUT2D eigenvalue weighted by Crippen LogP contribution is -2.63. The number of nitrogens with two attached hydrogens (primary N) is 1. The molecule has 108 valence electrons. The molecule has 1 aromatic carbocycles. The van der Waals surface area contributed by atoms with Crippen molar-refractivity contribution in [2.45, 2.75) is 19.4 Å². The van der Waals surface area contributed by atoms with Gasteiger partial charge in [0.15, 0.2) is 0 Å². The number of ether oxygens (including phenoxy) is 1. The van der Waals surface area contributed by atoms with Crippen LogP contribution in [-0.4, -0.2) is 42.5 Å². The molecule has 0 atom stereocenters. The molecule has 1 aliphatic heterocycles. The van der Waals surface area contributed by atoms with Crippen LogP contribution in [0.4, 0.5) is 5.69 Å². The van der Waals surface area contributed by atoms with E-state index in [-0.39, 0.29) is 11.8 Å². The Morgan fingerprint density at radius 3 is 2.80 bits per heavy atom. The number of carbonyl (C=O) groups excluding carboxylic acids is 2. The van der Waals surface area contributed by atoms with Gasteiger partial charge >= 0.3 is 0 Å². The molecule has 2 amide bonds. The molecule has 1 fully saturated rings. The molecule has 1 aromatic rings. The summed E-state index contributed by atoms with van der Waals surface area (Å²) in [6.07, 6.45) is 0. The third-order valence-corrected chi connectivity index (χ3v) is 3.61. The Balaban J connectivity index is 2.39. The number of amides is 2. The highest BCUT2D eigenvalue weighted by Crippen LogP contribution is 2.28. The Morgan fingerprint density at radius 2 is 2.15 bits per heavy atom. The lowest BCUT2D eigenvalue weighted by Gasteiger charge is -2.41. The minimum Gasteiger partial charge on any atom is -0.495 e. The molecule has 0 radical (unpaired) electrons. The number of anilines is 1. The van der Waals surface area contributed by atoms with E-state index in [1.807, 2.05) is 0 Å². The van der Waals surface area contributed by atoms with Gasteiger partial charge in [-0.25, -0.2) is 0 Å². The molecule has 0 unspecified atom stereocenters. The maximum Gasteiger partial charge on any atom is 0.257 e. The molecule has 1 aliphatic rings. The fraction of sp³-hybridized carbons (Fsp3) is 0.429. The van der Waals surface area contributed by atoms with Gasteiger partial charge in [-0.15, -0.1) is 0 Å². The summed E-state index contributed by atoms with van der Waals surface area (Å²) >= 11 is 0. The van der Waals surface area contributed by atoms with Crippen LogP contribution in [0, 0.1) is 0 Å². The lowest BCUT2D eigenvalue weighted by molar-refractivity contribution is -0.133. The number of nitrogens with one attached hydrogen (secondary N) is 1. The SMILES string of the molecule is COc1cccc(C(=O)N2CCNC(=O)C2(C)C)c1N. The topological polar surface area (TPSA) is 84.7 Å². The van der Waals surface area contributed by atoms with Gasteiger partial charge in [0.2, 0.25) is 5.91 Å². The van der Waals surface area contributed by atoms with Crippen molar-refractivity contribution in [2.75, 3.05) is 25.9 Å². The summed E-state index contributed by atoms with van der Waals surface area (Å²) in [4.78, 5) is 26.1. The smallest absolute Gasteiger partial charge is 0.257 e. The summed E-state index contributed by atoms with van der Waals surface area (Å²) in [5.74, 6) is 0.0231. The highest BCUT2D eigenvalue weighted by molar-refractivity contribution is 6.03. The Hall–Kier alpha value is -2.24. The van der Waals surface area contributed by atoms with Crippen molar-refractivity contribution in [2.24, 2.45) is 0 Å². The molecule has 0 aliphatic carbocycles. The number of rotatable bonds is 2. The average Bonchev–Trinajstić information content (AvgIpc) is 2.41. The number of nitrogens with zero attached hydrogens (tertiary/aromatic N) is 1. The molecule has 0 bridgehead atoms. The van der Waals surface area contributed by atoms with Crippen LogP contribution in [0.25, 0.3) is 0 Å². The standard InChI is InChI=1S/C14H19N3O3/c1-14(2)13(19)16-7-8-17(14)12(18)9-5-4-6-10(20-3)11(9)15/h4-6H,7-8,15H2,1-3H3,(H,16,19). The zero-order valence-electron chi connectivity index (χ0n) is 11.9. The first-order valence-electron chi connectivity index (χ1n) is 6.42. The minimum atomic E-state index is -0.898. The van der Waals surface area contributed by atoms with Crippen molar-refractivity contribution in [1.29, 1.82) is 0 Å². The summed E-state index contributed by atoms with van der Waals surface area (Å²) < 4.78 is 5.12. The van der Waals surface area contributed by atoms with Crippen LogP contribution in [0.15, 0.2) is 18.2 Å². The van der Waals surface area contributed by atoms with Crippen LogP contribution in [-0.2, 0) is 4.79 Å². The predicted molar refractivity (Wildman–Crippen MR) is 75.5 cm³/mol. The summed E-state index contributed by atoms with van der Waals surface area (Å²) in [5.41, 5.74) is 5.70. The average molecular weight is 277 g/mol. The van der Waals surface area contributed by atoms with Gasteiger partial charge in [0.05, 0.1) is 18.4 Å². The van der Waals surface area contributed by atoms with Gasteiger partial charge in [-0.3, -0.25) is 9.59 Å². The van der Waals surface area contributed by atoms with Crippen LogP contribution in [0.3, 0.4) is 0 Å². The van der Waals surface area contributed by atoms with E-state index in [4.69, 9.17) is 10.5 Å². The molecular weight excluding hydrogens is 258 g/mol. The molecule has 1 heterocycles. The molecule has 0 saturated carbocycles. The van der Waals surface area contributed by atoms with E-state index in [2.05, 4.69) is 5.32 Å². The van der Waals surface area contributed by atoms with Gasteiger partial charge in [-0.05, 0) is 26.0 Å². The number of hydrogen-bond acceptors (Lipinski definition) is 4. The maximum atomic E-state index is 12.7. The Kier molecular flexibility index (Phi) is 3.57. The number of hydrogen-bond donors (Lipinski definition) is 2. The van der Waals surface area contributed by atoms with Gasteiger partial charge in [-0.1, -0.05) is 6.07 Å². The van der Waals surface area contributed by atoms with Crippen LogP contribution < -0.4 is 15.8 Å². The quantitative estimate of drug-likeness (QED) is 0.776. The van der Waals surface area contributed by atoms with Gasteiger partial charge in [-0.2, -0.15) is 0 Å². The first kappa shape index (κ1) is 14.2. The number of nitrogen functional groups attached to an aromatic ring is 1. The van der Waals surface area contributed by atoms with E-state index in [9.17, 15) is 9.59 Å². The molecule has 2 rings (SSSR count). The number of benzene rings is 1. The number of piperazine rings is 1. The summed E-state index contributed by atoms with van der Waals surface area (Å²) in [6, 6.07) is 5.04. The predicted octanol–water partition coefficient (Wildman–Crippen LogP) is 0.628. The second-order valence-electron chi connectivity index (χ2n) is 5.19. The molecule has 20 heavy (non-hydrogen) atoms. The summed E-state index contributed by atoms with van der Waals surface area (Å²) in [6.45, 7) is 4.33. The highest BCUT2D eigenvalue weighted by Gasteiger charge is 2.41. The van der Waals surface area contributed by atoms with Crippen LogP contribution in [0.2, 0.25) is 0 Å². The zero-order chi connectivity index (χ0) is 14.9. The van der Waals surface area contributed by atoms with Gasteiger partial charge in [0, 0.05) is 13.1 Å². The highest BCUT2D eigenvalue weighted by atomic mass is 16.5. The fourth-order valence-corrected chi connectivity index (χ4v) is 2.31. The third-order valence-electron chi connectivity index (χ3n) is 3.61. The lowest BCUT2D eigenvalue weighted by atomic mass is 9.97. The summed E-state index contributed by atoms with van der Waals surface area (Å²) in [5, 5.41) is 2.76. The van der Waals surface area contributed by atoms with Crippen molar-refractivity contribution in [3.63, 3.8) is 0 Å². The largest absolute Gasteiger partial charge is 0.495 e. The monoisotopic (exact) mass is 277 g/mol. The van der Waals surface area contributed by atoms with Crippen LogP contribution in [0.5, 0.6) is 5.75 Å². The normalized spacial score (nSPS) is 17.6. The van der Waals surface area contributed by atoms with E-state index in [0.717, 1.165) is 0 Å². The third kappa shape index (κ3) is 2.17. The van der Waals surface area contributed by atoms with E-state index < -0.39 is 5.54 Å². The first-order valence-corrected chi connectivity index (χ1v) is 6.42. The van der Waals surface area contributed by atoms with Gasteiger partial charge in [0.1, 0.15) is 11.3 Å². The molecule has 3 N–H and O–H groups in total. The number of carbonyl (C=O) groups is 2. The van der Waals surface area contributed by atoms with Crippen LogP contribution >= 0.6 is 0 Å². The van der Waals surface area contributed by atoms with Gasteiger partial charge < -0.3 is 20.7 Å². The Bertz CT molecular complexity index is 555. The Labute approximate surface area is 117 Å². The number of methoxy groups -OCH3 is 1. The molecule has 0 aromatic heterocycles. The van der Waals surface area contributed by atoms with Crippen LogP contribution in [0.1, 0.15) is 24.2 Å². The van der Waals surface area contributed by atoms with Crippen molar-refractivity contribution in [3.8, 4) is 5.75 Å². The van der Waals surface area contributed by atoms with Crippen molar-refractivity contribution in [1.82, 2.24) is 10.2 Å². The van der Waals surface area contributed by atoms with E-state index in [1.54, 1.807) is 32.0 Å². The zero-order valence-corrected chi connectivity index (χ0v) is 11.9. The molecule has 6 nitrogen and oxygen atoms in total. The minimum absolute atomic E-state index is 0.168. The maximum absolute atomic E-state index is 12.7. The van der Waals surface area contributed by atoms with Crippen molar-refractivity contribution >= 4 is 17.5 Å². The molecular formula is C14H19N3O3. The number of para-hydroxylation sites is 1. The van der Waals surface area contributed by atoms with Crippen molar-refractivity contribution in [3.05, 3.63) is 23.8 Å². The molecule has 1 saturated heterocycles. The molecule has 0 spiro atoms. The second-order valence-corrected chi connectivity index (χ2v) is 5.19. The first-order chi connectivity index (χ1) is 9.39. The summed E-state index contributed by atoms with van der Waals surface area (Å²) in [7, 11) is 1.50. The fourth-order valence-electron chi connectivity index (χ4n) is 2.31. The van der Waals surface area contributed by atoms with E-state index in [1.165, 1.54) is 12.0 Å². The Morgan fingerprint density at radius 1 is 1.45 bits per heavy atom. The second kappa shape index (κ2) is 5.03. The molecule has 6 heteroatoms.